The van der Waals surface area contributed by atoms with Crippen LogP contribution >= 0.6 is 105 Å². The summed E-state index contributed by atoms with van der Waals surface area (Å²) in [6, 6.07) is 0. The molecule has 0 saturated heterocycles. The molecule has 1 heterocycles. The van der Waals surface area contributed by atoms with Crippen LogP contribution in [0.4, 0.5) is 0 Å². The molecule has 1 aromatic rings. The third-order valence-corrected chi connectivity index (χ3v) is 5.61. The normalized spacial score (nSPS) is 12.5. The number of thiazole rings is 1. The maximum Gasteiger partial charge on any atom is 0.229 e. The molecule has 0 saturated carbocycles. The molecular weight excluding hydrogens is 390 g/mol. The molecular formula is C5HCl8NS. The van der Waals surface area contributed by atoms with Crippen molar-refractivity contribution >= 4 is 105 Å². The van der Waals surface area contributed by atoms with Crippen molar-refractivity contribution < 1.29 is 0 Å². The summed E-state index contributed by atoms with van der Waals surface area (Å²) in [5.74, 6) is 0. The van der Waals surface area contributed by atoms with Gasteiger partial charge in [0.2, 0.25) is 8.13 Å². The first-order valence-corrected chi connectivity index (χ1v) is 6.39. The minimum absolute atomic E-state index is 0. The standard InChI is InChI=1S/C5Cl7NS.ClH/c6-1-2(7)14-3(13-1)4(8,9)5(10,11)12;/h;1H. The minimum Gasteiger partial charge on any atom is -0.224 e. The van der Waals surface area contributed by atoms with E-state index in [0.717, 1.165) is 11.3 Å². The van der Waals surface area contributed by atoms with Crippen LogP contribution in [0.25, 0.3) is 0 Å². The van der Waals surface area contributed by atoms with Gasteiger partial charge in [-0.3, -0.25) is 0 Å². The van der Waals surface area contributed by atoms with Gasteiger partial charge in [0.1, 0.15) is 9.34 Å². The van der Waals surface area contributed by atoms with Crippen LogP contribution in [0.1, 0.15) is 5.01 Å². The van der Waals surface area contributed by atoms with Crippen molar-refractivity contribution in [2.24, 2.45) is 0 Å². The Labute approximate surface area is 131 Å². The summed E-state index contributed by atoms with van der Waals surface area (Å²) < 4.78 is -3.46. The molecule has 0 aliphatic rings. The fraction of sp³-hybridized carbons (Fsp3) is 0.400. The summed E-state index contributed by atoms with van der Waals surface area (Å²) in [4.78, 5) is 3.78. The van der Waals surface area contributed by atoms with Crippen LogP contribution in [-0.4, -0.2) is 8.78 Å². The summed E-state index contributed by atoms with van der Waals surface area (Å²) in [7, 11) is 0. The van der Waals surface area contributed by atoms with Crippen molar-refractivity contribution in [3.8, 4) is 0 Å². The molecule has 0 spiro atoms. The van der Waals surface area contributed by atoms with Crippen LogP contribution in [0.5, 0.6) is 0 Å². The van der Waals surface area contributed by atoms with E-state index in [0.29, 0.717) is 0 Å². The highest BCUT2D eigenvalue weighted by Gasteiger charge is 2.50. The summed E-state index contributed by atoms with van der Waals surface area (Å²) in [5.41, 5.74) is 0. The third kappa shape index (κ3) is 3.70. The summed E-state index contributed by atoms with van der Waals surface area (Å²) in [6.07, 6.45) is 0. The second-order valence-corrected chi connectivity index (χ2v) is 7.72. The van der Waals surface area contributed by atoms with E-state index < -0.39 is 8.13 Å². The molecule has 1 aromatic heterocycles. The molecule has 88 valence electrons. The molecule has 0 amide bonds. The van der Waals surface area contributed by atoms with E-state index >= 15 is 0 Å². The van der Waals surface area contributed by atoms with Crippen molar-refractivity contribution in [2.45, 2.75) is 8.13 Å². The van der Waals surface area contributed by atoms with Gasteiger partial charge in [-0.05, 0) is 0 Å². The fourth-order valence-electron chi connectivity index (χ4n) is 0.538. The Morgan fingerprint density at radius 3 is 1.73 bits per heavy atom. The first-order chi connectivity index (χ1) is 6.16. The van der Waals surface area contributed by atoms with Gasteiger partial charge in [-0.1, -0.05) is 81.2 Å². The van der Waals surface area contributed by atoms with Gasteiger partial charge in [0.05, 0.1) is 0 Å². The second kappa shape index (κ2) is 5.73. The Balaban J connectivity index is 0.00000196. The Hall–Kier alpha value is 1.95. The van der Waals surface area contributed by atoms with Gasteiger partial charge in [0.25, 0.3) is 0 Å². The second-order valence-electron chi connectivity index (χ2n) is 2.16. The Morgan fingerprint density at radius 2 is 1.47 bits per heavy atom. The van der Waals surface area contributed by atoms with E-state index in [1.165, 1.54) is 0 Å². The van der Waals surface area contributed by atoms with Gasteiger partial charge in [0.15, 0.2) is 5.15 Å². The van der Waals surface area contributed by atoms with E-state index in [1.807, 2.05) is 0 Å². The lowest BCUT2D eigenvalue weighted by atomic mass is 10.5. The number of aromatic nitrogens is 1. The summed E-state index contributed by atoms with van der Waals surface area (Å²) >= 11 is 40.6. The molecule has 0 bridgehead atoms. The molecule has 10 heteroatoms. The van der Waals surface area contributed by atoms with Crippen molar-refractivity contribution in [1.29, 1.82) is 0 Å². The fourth-order valence-corrected chi connectivity index (χ4v) is 2.52. The Kier molecular flexibility index (Phi) is 6.47. The SMILES string of the molecule is Cl.Clc1nc(C(Cl)(Cl)C(Cl)(Cl)Cl)sc1Cl. The lowest BCUT2D eigenvalue weighted by Gasteiger charge is -2.24. The van der Waals surface area contributed by atoms with Gasteiger partial charge in [-0.25, -0.2) is 4.98 Å². The number of hydrogen-bond acceptors (Lipinski definition) is 2. The summed E-state index contributed by atoms with van der Waals surface area (Å²) in [5, 5.41) is 0.211. The van der Waals surface area contributed by atoms with Crippen molar-refractivity contribution in [1.82, 2.24) is 4.98 Å². The minimum atomic E-state index is -1.92. The Morgan fingerprint density at radius 1 is 1.00 bits per heavy atom. The predicted molar refractivity (Wildman–Crippen MR) is 73.1 cm³/mol. The highest BCUT2D eigenvalue weighted by molar-refractivity contribution is 7.17. The maximum absolute atomic E-state index is 5.82. The first-order valence-electron chi connectivity index (χ1n) is 2.93. The van der Waals surface area contributed by atoms with Gasteiger partial charge in [-0.15, -0.1) is 23.7 Å². The van der Waals surface area contributed by atoms with Crippen LogP contribution in [0, 0.1) is 0 Å². The zero-order valence-electron chi connectivity index (χ0n) is 6.41. The smallest absolute Gasteiger partial charge is 0.224 e. The number of alkyl halides is 5. The van der Waals surface area contributed by atoms with Crippen molar-refractivity contribution in [3.05, 3.63) is 14.5 Å². The van der Waals surface area contributed by atoms with E-state index in [4.69, 9.17) is 81.2 Å². The zero-order chi connectivity index (χ0) is 11.1. The largest absolute Gasteiger partial charge is 0.229 e. The van der Waals surface area contributed by atoms with E-state index in [1.54, 1.807) is 0 Å². The molecule has 0 unspecified atom stereocenters. The maximum atomic E-state index is 5.82. The van der Waals surface area contributed by atoms with E-state index in [-0.39, 0.29) is 26.9 Å². The molecule has 15 heavy (non-hydrogen) atoms. The molecule has 1 nitrogen and oxygen atoms in total. The number of hydrogen-bond donors (Lipinski definition) is 0. The van der Waals surface area contributed by atoms with Gasteiger partial charge >= 0.3 is 0 Å². The highest BCUT2D eigenvalue weighted by atomic mass is 35.6. The van der Waals surface area contributed by atoms with Crippen LogP contribution in [-0.2, 0) is 4.33 Å². The third-order valence-electron chi connectivity index (χ3n) is 1.17. The van der Waals surface area contributed by atoms with Gasteiger partial charge < -0.3 is 0 Å². The van der Waals surface area contributed by atoms with Crippen molar-refractivity contribution in [2.75, 3.05) is 0 Å². The molecule has 0 fully saturated rings. The number of rotatable bonds is 1. The average Bonchev–Trinajstić information content (AvgIpc) is 2.30. The monoisotopic (exact) mass is 387 g/mol. The summed E-state index contributed by atoms with van der Waals surface area (Å²) in [6.45, 7) is 0. The van der Waals surface area contributed by atoms with Crippen LogP contribution in [0.3, 0.4) is 0 Å². The van der Waals surface area contributed by atoms with Crippen LogP contribution < -0.4 is 0 Å². The van der Waals surface area contributed by atoms with Gasteiger partial charge in [-0.2, -0.15) is 0 Å². The lowest BCUT2D eigenvalue weighted by molar-refractivity contribution is 0.863. The zero-order valence-corrected chi connectivity index (χ0v) is 13.3. The number of nitrogens with zero attached hydrogens (tertiary/aromatic N) is 1. The van der Waals surface area contributed by atoms with Crippen LogP contribution in [0.2, 0.25) is 9.49 Å². The average molecular weight is 391 g/mol. The molecule has 0 atom stereocenters. The number of halogens is 8. The molecule has 0 aliphatic carbocycles. The highest BCUT2D eigenvalue weighted by Crippen LogP contribution is 2.54. The molecule has 0 aliphatic heterocycles. The molecule has 1 rings (SSSR count). The molecule has 0 radical (unpaired) electrons. The topological polar surface area (TPSA) is 12.9 Å². The van der Waals surface area contributed by atoms with Crippen LogP contribution in [0.15, 0.2) is 0 Å². The molecule has 0 N–H and O–H groups in total. The van der Waals surface area contributed by atoms with E-state index in [2.05, 4.69) is 4.98 Å². The van der Waals surface area contributed by atoms with E-state index in [9.17, 15) is 0 Å². The quantitative estimate of drug-likeness (QED) is 0.546. The van der Waals surface area contributed by atoms with Gasteiger partial charge in [0, 0.05) is 0 Å². The Bertz CT molecular complexity index is 322. The lowest BCUT2D eigenvalue weighted by Crippen LogP contribution is -2.28. The van der Waals surface area contributed by atoms with Crippen molar-refractivity contribution in [3.63, 3.8) is 0 Å². The first kappa shape index (κ1) is 16.9. The molecule has 0 aromatic carbocycles. The predicted octanol–water partition coefficient (Wildman–Crippen LogP) is 5.87.